The minimum absolute atomic E-state index is 0.0860. The van der Waals surface area contributed by atoms with Gasteiger partial charge in [0, 0.05) is 44.2 Å². The van der Waals surface area contributed by atoms with E-state index < -0.39 is 6.04 Å². The van der Waals surface area contributed by atoms with Gasteiger partial charge < -0.3 is 10.6 Å². The molecule has 7 heteroatoms. The molecule has 4 aliphatic rings. The highest BCUT2D eigenvalue weighted by Gasteiger charge is 2.46. The number of hydrogen-bond donors (Lipinski definition) is 2. The van der Waals surface area contributed by atoms with Gasteiger partial charge in [0.25, 0.3) is 5.91 Å². The van der Waals surface area contributed by atoms with Gasteiger partial charge in [0.2, 0.25) is 11.8 Å². The number of amides is 3. The molecular formula is C22H28N4O3. The first-order valence-electron chi connectivity index (χ1n) is 10.7. The summed E-state index contributed by atoms with van der Waals surface area (Å²) in [6.07, 6.45) is 5.36. The first-order chi connectivity index (χ1) is 14.0. The van der Waals surface area contributed by atoms with Crippen LogP contribution < -0.4 is 11.1 Å². The van der Waals surface area contributed by atoms with Crippen LogP contribution in [0.2, 0.25) is 0 Å². The lowest BCUT2D eigenvalue weighted by atomic mass is 9.61. The van der Waals surface area contributed by atoms with Gasteiger partial charge in [0.05, 0.1) is 0 Å². The number of piperidine rings is 2. The summed E-state index contributed by atoms with van der Waals surface area (Å²) in [5.74, 6) is -0.706. The van der Waals surface area contributed by atoms with Gasteiger partial charge in [0.1, 0.15) is 6.04 Å². The third-order valence-electron chi connectivity index (χ3n) is 7.46. The zero-order chi connectivity index (χ0) is 20.2. The standard InChI is InChI=1S/C22H28N4O3/c23-17-7-10-25(13-22(17)8-2-9-22)11-14-3-1-4-15-12-26(21(29)19(14)15)16-5-6-18(27)24-20(16)28/h1,3-4,16-17H,2,5-13,23H2,(H,24,27,28). The van der Waals surface area contributed by atoms with E-state index in [1.54, 1.807) is 4.90 Å². The van der Waals surface area contributed by atoms with E-state index >= 15 is 0 Å². The van der Waals surface area contributed by atoms with E-state index in [9.17, 15) is 14.4 Å². The summed E-state index contributed by atoms with van der Waals surface area (Å²) in [6.45, 7) is 3.14. The molecule has 3 amide bonds. The van der Waals surface area contributed by atoms with Crippen LogP contribution >= 0.6 is 0 Å². The Hall–Kier alpha value is -2.25. The molecule has 0 aromatic heterocycles. The Morgan fingerprint density at radius 1 is 1.17 bits per heavy atom. The smallest absolute Gasteiger partial charge is 0.255 e. The average molecular weight is 396 g/mol. The lowest BCUT2D eigenvalue weighted by Gasteiger charge is -2.52. The number of likely N-dealkylation sites (tertiary alicyclic amines) is 1. The molecule has 154 valence electrons. The first-order valence-corrected chi connectivity index (χ1v) is 10.7. The molecule has 5 rings (SSSR count). The quantitative estimate of drug-likeness (QED) is 0.748. The van der Waals surface area contributed by atoms with E-state index in [1.807, 2.05) is 18.2 Å². The third kappa shape index (κ3) is 3.07. The van der Waals surface area contributed by atoms with Gasteiger partial charge in [-0.2, -0.15) is 0 Å². The number of hydrogen-bond acceptors (Lipinski definition) is 5. The van der Waals surface area contributed by atoms with Crippen LogP contribution in [-0.4, -0.2) is 52.7 Å². The topological polar surface area (TPSA) is 95.7 Å². The molecule has 7 nitrogen and oxygen atoms in total. The number of carbonyl (C=O) groups is 3. The summed E-state index contributed by atoms with van der Waals surface area (Å²) in [5.41, 5.74) is 9.44. The molecular weight excluding hydrogens is 368 g/mol. The van der Waals surface area contributed by atoms with Gasteiger partial charge in [0.15, 0.2) is 0 Å². The predicted molar refractivity (Wildman–Crippen MR) is 107 cm³/mol. The van der Waals surface area contributed by atoms with Gasteiger partial charge >= 0.3 is 0 Å². The fraction of sp³-hybridized carbons (Fsp3) is 0.591. The molecule has 3 N–H and O–H groups in total. The van der Waals surface area contributed by atoms with E-state index in [-0.39, 0.29) is 29.6 Å². The molecule has 0 radical (unpaired) electrons. The van der Waals surface area contributed by atoms with Gasteiger partial charge in [-0.25, -0.2) is 0 Å². The average Bonchev–Trinajstić information content (AvgIpc) is 2.99. The van der Waals surface area contributed by atoms with E-state index in [1.165, 1.54) is 19.3 Å². The number of benzene rings is 1. The van der Waals surface area contributed by atoms with Gasteiger partial charge in [-0.1, -0.05) is 24.6 Å². The maximum atomic E-state index is 13.3. The maximum Gasteiger partial charge on any atom is 0.255 e. The molecule has 1 aromatic carbocycles. The van der Waals surface area contributed by atoms with Crippen molar-refractivity contribution in [3.05, 3.63) is 34.9 Å². The molecule has 1 saturated carbocycles. The number of nitrogens with one attached hydrogen (secondary N) is 1. The van der Waals surface area contributed by atoms with Crippen LogP contribution in [0.4, 0.5) is 0 Å². The van der Waals surface area contributed by atoms with Crippen molar-refractivity contribution >= 4 is 17.7 Å². The summed E-state index contributed by atoms with van der Waals surface area (Å²) in [7, 11) is 0. The van der Waals surface area contributed by atoms with Crippen molar-refractivity contribution in [3.8, 4) is 0 Å². The minimum Gasteiger partial charge on any atom is -0.327 e. The molecule has 2 unspecified atom stereocenters. The normalized spacial score (nSPS) is 29.0. The number of nitrogens with two attached hydrogens (primary N) is 1. The Balaban J connectivity index is 1.35. The molecule has 3 aliphatic heterocycles. The third-order valence-corrected chi connectivity index (χ3v) is 7.46. The Bertz CT molecular complexity index is 879. The molecule has 2 atom stereocenters. The van der Waals surface area contributed by atoms with E-state index in [4.69, 9.17) is 5.73 Å². The summed E-state index contributed by atoms with van der Waals surface area (Å²) in [6, 6.07) is 5.74. The van der Waals surface area contributed by atoms with E-state index in [2.05, 4.69) is 10.2 Å². The predicted octanol–water partition coefficient (Wildman–Crippen LogP) is 1.15. The van der Waals surface area contributed by atoms with Gasteiger partial charge in [-0.15, -0.1) is 0 Å². The molecule has 1 aliphatic carbocycles. The van der Waals surface area contributed by atoms with Crippen molar-refractivity contribution in [1.82, 2.24) is 15.1 Å². The van der Waals surface area contributed by atoms with E-state index in [0.29, 0.717) is 19.0 Å². The van der Waals surface area contributed by atoms with Crippen LogP contribution in [0.25, 0.3) is 0 Å². The lowest BCUT2D eigenvalue weighted by molar-refractivity contribution is -0.136. The number of carbonyl (C=O) groups excluding carboxylic acids is 3. The van der Waals surface area contributed by atoms with Crippen molar-refractivity contribution in [3.63, 3.8) is 0 Å². The highest BCUT2D eigenvalue weighted by molar-refractivity contribution is 6.05. The number of imide groups is 1. The van der Waals surface area contributed by atoms with Crippen molar-refractivity contribution < 1.29 is 14.4 Å². The second kappa shape index (κ2) is 6.92. The monoisotopic (exact) mass is 396 g/mol. The molecule has 3 fully saturated rings. The zero-order valence-electron chi connectivity index (χ0n) is 16.7. The van der Waals surface area contributed by atoms with Crippen molar-refractivity contribution in [2.24, 2.45) is 11.1 Å². The highest BCUT2D eigenvalue weighted by atomic mass is 16.2. The number of nitrogens with zero attached hydrogens (tertiary/aromatic N) is 2. The second-order valence-corrected chi connectivity index (χ2v) is 9.17. The van der Waals surface area contributed by atoms with Crippen LogP contribution in [0.5, 0.6) is 0 Å². The van der Waals surface area contributed by atoms with Crippen LogP contribution in [0.3, 0.4) is 0 Å². The number of fused-ring (bicyclic) bond motifs is 1. The van der Waals surface area contributed by atoms with Crippen LogP contribution in [0.15, 0.2) is 18.2 Å². The molecule has 2 saturated heterocycles. The molecule has 3 heterocycles. The van der Waals surface area contributed by atoms with Crippen LogP contribution in [-0.2, 0) is 22.7 Å². The highest BCUT2D eigenvalue weighted by Crippen LogP contribution is 2.47. The summed E-state index contributed by atoms with van der Waals surface area (Å²) in [4.78, 5) is 41.1. The Labute approximate surface area is 170 Å². The Morgan fingerprint density at radius 3 is 2.72 bits per heavy atom. The van der Waals surface area contributed by atoms with E-state index in [0.717, 1.165) is 42.7 Å². The molecule has 1 aromatic rings. The van der Waals surface area contributed by atoms with Crippen LogP contribution in [0.1, 0.15) is 60.0 Å². The van der Waals surface area contributed by atoms with Crippen LogP contribution in [0, 0.1) is 5.41 Å². The summed E-state index contributed by atoms with van der Waals surface area (Å²) < 4.78 is 0. The van der Waals surface area contributed by atoms with Gasteiger partial charge in [-0.05, 0) is 42.2 Å². The first kappa shape index (κ1) is 18.8. The van der Waals surface area contributed by atoms with Crippen molar-refractivity contribution in [2.45, 2.75) is 63.7 Å². The largest absolute Gasteiger partial charge is 0.327 e. The van der Waals surface area contributed by atoms with Gasteiger partial charge in [-0.3, -0.25) is 24.6 Å². The van der Waals surface area contributed by atoms with Crippen molar-refractivity contribution in [2.75, 3.05) is 13.1 Å². The summed E-state index contributed by atoms with van der Waals surface area (Å²) >= 11 is 0. The summed E-state index contributed by atoms with van der Waals surface area (Å²) in [5, 5.41) is 2.37. The maximum absolute atomic E-state index is 13.3. The fourth-order valence-electron chi connectivity index (χ4n) is 5.63. The zero-order valence-corrected chi connectivity index (χ0v) is 16.7. The molecule has 0 bridgehead atoms. The Morgan fingerprint density at radius 2 is 2.00 bits per heavy atom. The van der Waals surface area contributed by atoms with Crippen molar-refractivity contribution in [1.29, 1.82) is 0 Å². The second-order valence-electron chi connectivity index (χ2n) is 9.17. The number of rotatable bonds is 3. The molecule has 1 spiro atoms. The lowest BCUT2D eigenvalue weighted by Crippen LogP contribution is -2.58. The molecule has 29 heavy (non-hydrogen) atoms. The fourth-order valence-corrected chi connectivity index (χ4v) is 5.63. The Kier molecular flexibility index (Phi) is 4.47. The SMILES string of the molecule is NC1CCN(Cc2cccc3c2C(=O)N(C2CCC(=O)NC2=O)C3)CC12CCC2. The minimum atomic E-state index is -0.563.